The smallest absolute Gasteiger partial charge is 0.0499 e. The van der Waals surface area contributed by atoms with Gasteiger partial charge < -0.3 is 5.73 Å². The van der Waals surface area contributed by atoms with Gasteiger partial charge in [0.15, 0.2) is 0 Å². The Bertz CT molecular complexity index is 371. The Morgan fingerprint density at radius 2 is 2.00 bits per heavy atom. The number of nitrogens with zero attached hydrogens (tertiary/aromatic N) is 1. The monoisotopic (exact) mass is 264 g/mol. The molecule has 0 aliphatic carbocycles. The van der Waals surface area contributed by atoms with E-state index in [1.165, 1.54) is 35.6 Å². The van der Waals surface area contributed by atoms with Crippen LogP contribution in [0.25, 0.3) is 0 Å². The first-order valence-corrected chi connectivity index (χ1v) is 7.98. The maximum atomic E-state index is 6.27. The summed E-state index contributed by atoms with van der Waals surface area (Å²) in [6.07, 6.45) is 1.28. The van der Waals surface area contributed by atoms with Crippen molar-refractivity contribution in [1.29, 1.82) is 0 Å². The Kier molecular flexibility index (Phi) is 5.10. The average molecular weight is 264 g/mol. The van der Waals surface area contributed by atoms with Crippen molar-refractivity contribution in [2.45, 2.75) is 32.4 Å². The zero-order valence-electron chi connectivity index (χ0n) is 11.4. The van der Waals surface area contributed by atoms with Gasteiger partial charge in [-0.3, -0.25) is 4.90 Å². The Morgan fingerprint density at radius 1 is 1.22 bits per heavy atom. The van der Waals surface area contributed by atoms with Gasteiger partial charge in [0.25, 0.3) is 0 Å². The van der Waals surface area contributed by atoms with Crippen LogP contribution in [0, 0.1) is 6.92 Å². The van der Waals surface area contributed by atoms with Gasteiger partial charge in [-0.1, -0.05) is 24.3 Å². The SMILES string of the molecule is Cc1ccccc1C(C(C)N)N1CCCSCC1. The highest BCUT2D eigenvalue weighted by Gasteiger charge is 2.25. The zero-order valence-corrected chi connectivity index (χ0v) is 12.2. The second kappa shape index (κ2) is 6.60. The largest absolute Gasteiger partial charge is 0.326 e. The third kappa shape index (κ3) is 3.28. The van der Waals surface area contributed by atoms with Crippen molar-refractivity contribution in [2.24, 2.45) is 5.73 Å². The molecule has 1 aromatic rings. The zero-order chi connectivity index (χ0) is 13.0. The normalized spacial score (nSPS) is 21.3. The number of aryl methyl sites for hydroxylation is 1. The van der Waals surface area contributed by atoms with E-state index < -0.39 is 0 Å². The molecule has 1 fully saturated rings. The molecule has 2 atom stereocenters. The summed E-state index contributed by atoms with van der Waals surface area (Å²) in [4.78, 5) is 2.58. The molecule has 100 valence electrons. The summed E-state index contributed by atoms with van der Waals surface area (Å²) in [6, 6.07) is 9.21. The minimum absolute atomic E-state index is 0.175. The molecule has 1 aliphatic heterocycles. The molecule has 0 radical (unpaired) electrons. The van der Waals surface area contributed by atoms with E-state index in [2.05, 4.69) is 54.8 Å². The lowest BCUT2D eigenvalue weighted by atomic mass is 9.95. The van der Waals surface area contributed by atoms with Crippen molar-refractivity contribution in [3.8, 4) is 0 Å². The number of thioether (sulfide) groups is 1. The molecule has 0 saturated carbocycles. The average Bonchev–Trinajstić information content (AvgIpc) is 2.60. The Hall–Kier alpha value is -0.510. The molecule has 18 heavy (non-hydrogen) atoms. The van der Waals surface area contributed by atoms with E-state index in [9.17, 15) is 0 Å². The second-order valence-corrected chi connectivity index (χ2v) is 6.39. The van der Waals surface area contributed by atoms with Gasteiger partial charge in [0.05, 0.1) is 0 Å². The van der Waals surface area contributed by atoms with Crippen molar-refractivity contribution in [3.05, 3.63) is 35.4 Å². The van der Waals surface area contributed by atoms with Gasteiger partial charge in [-0.25, -0.2) is 0 Å². The summed E-state index contributed by atoms with van der Waals surface area (Å²) in [5.74, 6) is 2.52. The van der Waals surface area contributed by atoms with Crippen LogP contribution in [-0.2, 0) is 0 Å². The third-order valence-corrected chi connectivity index (χ3v) is 4.70. The van der Waals surface area contributed by atoms with Crippen LogP contribution in [0.2, 0.25) is 0 Å². The maximum Gasteiger partial charge on any atom is 0.0499 e. The lowest BCUT2D eigenvalue weighted by Crippen LogP contribution is -2.41. The fraction of sp³-hybridized carbons (Fsp3) is 0.600. The Balaban J connectivity index is 2.24. The first kappa shape index (κ1) is 13.9. The highest BCUT2D eigenvalue weighted by Crippen LogP contribution is 2.28. The van der Waals surface area contributed by atoms with Crippen LogP contribution in [0.1, 0.15) is 30.5 Å². The van der Waals surface area contributed by atoms with E-state index in [4.69, 9.17) is 5.73 Å². The van der Waals surface area contributed by atoms with Crippen LogP contribution in [0.3, 0.4) is 0 Å². The standard InChI is InChI=1S/C15H24N2S/c1-12-6-3-4-7-14(12)15(13(2)16)17-8-5-10-18-11-9-17/h3-4,6-7,13,15H,5,8-11,16H2,1-2H3. The number of hydrogen-bond acceptors (Lipinski definition) is 3. The fourth-order valence-electron chi connectivity index (χ4n) is 2.77. The summed E-state index contributed by atoms with van der Waals surface area (Å²) in [5, 5.41) is 0. The van der Waals surface area contributed by atoms with Crippen molar-refractivity contribution in [3.63, 3.8) is 0 Å². The summed E-state index contributed by atoms with van der Waals surface area (Å²) in [7, 11) is 0. The second-order valence-electron chi connectivity index (χ2n) is 5.16. The molecule has 1 saturated heterocycles. The van der Waals surface area contributed by atoms with Crippen LogP contribution in [0.5, 0.6) is 0 Å². The Labute approximate surface area is 115 Å². The molecule has 0 bridgehead atoms. The molecule has 2 rings (SSSR count). The van der Waals surface area contributed by atoms with Crippen LogP contribution in [0.4, 0.5) is 0 Å². The molecule has 2 nitrogen and oxygen atoms in total. The van der Waals surface area contributed by atoms with E-state index in [1.807, 2.05) is 0 Å². The molecule has 0 spiro atoms. The highest BCUT2D eigenvalue weighted by atomic mass is 32.2. The predicted octanol–water partition coefficient (Wildman–Crippen LogP) is 2.82. The van der Waals surface area contributed by atoms with E-state index >= 15 is 0 Å². The molecule has 1 aromatic carbocycles. The van der Waals surface area contributed by atoms with Crippen LogP contribution < -0.4 is 5.73 Å². The maximum absolute atomic E-state index is 6.27. The molecule has 1 heterocycles. The number of benzene rings is 1. The summed E-state index contributed by atoms with van der Waals surface area (Å²) < 4.78 is 0. The third-order valence-electron chi connectivity index (χ3n) is 3.66. The van der Waals surface area contributed by atoms with Gasteiger partial charge in [0.1, 0.15) is 0 Å². The van der Waals surface area contributed by atoms with Gasteiger partial charge in [-0.2, -0.15) is 11.8 Å². The minimum Gasteiger partial charge on any atom is -0.326 e. The molecule has 0 aromatic heterocycles. The minimum atomic E-state index is 0.175. The molecule has 1 aliphatic rings. The highest BCUT2D eigenvalue weighted by molar-refractivity contribution is 7.99. The summed E-state index contributed by atoms with van der Waals surface area (Å²) in [5.41, 5.74) is 9.03. The summed E-state index contributed by atoms with van der Waals surface area (Å²) >= 11 is 2.07. The first-order chi connectivity index (χ1) is 8.70. The van der Waals surface area contributed by atoms with Crippen LogP contribution >= 0.6 is 11.8 Å². The molecule has 2 unspecified atom stereocenters. The first-order valence-electron chi connectivity index (χ1n) is 6.83. The predicted molar refractivity (Wildman–Crippen MR) is 81.1 cm³/mol. The number of nitrogens with two attached hydrogens (primary N) is 1. The van der Waals surface area contributed by atoms with Gasteiger partial charge in [0.2, 0.25) is 0 Å². The lowest BCUT2D eigenvalue weighted by Gasteiger charge is -2.34. The molecule has 3 heteroatoms. The number of rotatable bonds is 3. The van der Waals surface area contributed by atoms with Gasteiger partial charge >= 0.3 is 0 Å². The van der Waals surface area contributed by atoms with E-state index in [0.29, 0.717) is 6.04 Å². The fourth-order valence-corrected chi connectivity index (χ4v) is 3.68. The van der Waals surface area contributed by atoms with Gasteiger partial charge in [-0.05, 0) is 43.7 Å². The number of hydrogen-bond donors (Lipinski definition) is 1. The van der Waals surface area contributed by atoms with Crippen molar-refractivity contribution < 1.29 is 0 Å². The molecule has 0 amide bonds. The quantitative estimate of drug-likeness (QED) is 0.910. The van der Waals surface area contributed by atoms with Crippen molar-refractivity contribution >= 4 is 11.8 Å². The topological polar surface area (TPSA) is 29.3 Å². The van der Waals surface area contributed by atoms with E-state index in [-0.39, 0.29) is 6.04 Å². The molecule has 2 N–H and O–H groups in total. The molecular weight excluding hydrogens is 240 g/mol. The molecular formula is C15H24N2S. The van der Waals surface area contributed by atoms with Gasteiger partial charge in [0, 0.05) is 24.4 Å². The van der Waals surface area contributed by atoms with Crippen molar-refractivity contribution in [1.82, 2.24) is 4.90 Å². The van der Waals surface area contributed by atoms with E-state index in [1.54, 1.807) is 0 Å². The lowest BCUT2D eigenvalue weighted by molar-refractivity contribution is 0.190. The van der Waals surface area contributed by atoms with E-state index in [0.717, 1.165) is 6.54 Å². The van der Waals surface area contributed by atoms with Crippen LogP contribution in [0.15, 0.2) is 24.3 Å². The summed E-state index contributed by atoms with van der Waals surface area (Å²) in [6.45, 7) is 6.66. The van der Waals surface area contributed by atoms with Crippen LogP contribution in [-0.4, -0.2) is 35.5 Å². The Morgan fingerprint density at radius 3 is 2.72 bits per heavy atom. The van der Waals surface area contributed by atoms with Gasteiger partial charge in [-0.15, -0.1) is 0 Å². The van der Waals surface area contributed by atoms with Crippen molar-refractivity contribution in [2.75, 3.05) is 24.6 Å².